The van der Waals surface area contributed by atoms with Crippen LogP contribution in [0.3, 0.4) is 0 Å². The number of benzene rings is 2. The monoisotopic (exact) mass is 452 g/mol. The maximum atomic E-state index is 14.3. The molecule has 3 heterocycles. The van der Waals surface area contributed by atoms with Gasteiger partial charge in [0.2, 0.25) is 0 Å². The van der Waals surface area contributed by atoms with Crippen LogP contribution in [-0.2, 0) is 13.0 Å². The Morgan fingerprint density at radius 2 is 2.00 bits per heavy atom. The molecule has 1 aliphatic rings. The molecule has 0 aliphatic carbocycles. The zero-order chi connectivity index (χ0) is 20.3. The van der Waals surface area contributed by atoms with E-state index in [1.807, 2.05) is 26.0 Å². The van der Waals surface area contributed by atoms with Crippen LogP contribution in [0, 0.1) is 19.7 Å². The van der Waals surface area contributed by atoms with Crippen LogP contribution in [0.1, 0.15) is 33.0 Å². The standard InChI is InChI=1S/C22H18BrFN4O/c1-11-12(2)26-21-15(8-13(24)9-19(21)25-11)22(29)28-7-6-18-16(10-28)14-4-3-5-17(23)20(14)27-18/h3-5,8-9,27H,6-7,10H2,1-2H3. The quantitative estimate of drug-likeness (QED) is 0.449. The summed E-state index contributed by atoms with van der Waals surface area (Å²) in [5.74, 6) is -0.700. The number of hydrogen-bond donors (Lipinski definition) is 1. The summed E-state index contributed by atoms with van der Waals surface area (Å²) in [4.78, 5) is 27.6. The van der Waals surface area contributed by atoms with Gasteiger partial charge in [-0.25, -0.2) is 14.4 Å². The predicted octanol–water partition coefficient (Wildman–Crippen LogP) is 4.83. The number of H-pyrrole nitrogens is 1. The first-order valence-electron chi connectivity index (χ1n) is 9.44. The van der Waals surface area contributed by atoms with Gasteiger partial charge in [0.05, 0.1) is 28.0 Å². The zero-order valence-corrected chi connectivity index (χ0v) is 17.6. The highest BCUT2D eigenvalue weighted by Gasteiger charge is 2.27. The van der Waals surface area contributed by atoms with Crippen molar-refractivity contribution in [2.45, 2.75) is 26.8 Å². The van der Waals surface area contributed by atoms with Gasteiger partial charge in [-0.3, -0.25) is 4.79 Å². The number of aromatic amines is 1. The summed E-state index contributed by atoms with van der Waals surface area (Å²) in [6, 6.07) is 8.64. The van der Waals surface area contributed by atoms with Crippen molar-refractivity contribution in [3.8, 4) is 0 Å². The first kappa shape index (κ1) is 18.2. The fourth-order valence-electron chi connectivity index (χ4n) is 4.01. The molecule has 0 fully saturated rings. The molecule has 29 heavy (non-hydrogen) atoms. The van der Waals surface area contributed by atoms with Gasteiger partial charge in [0.15, 0.2) is 0 Å². The molecule has 0 saturated carbocycles. The van der Waals surface area contributed by atoms with Crippen molar-refractivity contribution in [3.05, 3.63) is 68.8 Å². The molecule has 0 saturated heterocycles. The van der Waals surface area contributed by atoms with Gasteiger partial charge in [0.1, 0.15) is 11.3 Å². The lowest BCUT2D eigenvalue weighted by Gasteiger charge is -2.27. The molecule has 4 aromatic rings. The van der Waals surface area contributed by atoms with Gasteiger partial charge >= 0.3 is 0 Å². The molecule has 2 aromatic carbocycles. The number of carbonyl (C=O) groups excluding carboxylic acids is 1. The van der Waals surface area contributed by atoms with Gasteiger partial charge in [0.25, 0.3) is 5.91 Å². The highest BCUT2D eigenvalue weighted by Crippen LogP contribution is 2.32. The molecule has 0 atom stereocenters. The van der Waals surface area contributed by atoms with E-state index in [1.54, 1.807) is 4.90 Å². The van der Waals surface area contributed by atoms with Gasteiger partial charge < -0.3 is 9.88 Å². The van der Waals surface area contributed by atoms with E-state index in [4.69, 9.17) is 0 Å². The van der Waals surface area contributed by atoms with Crippen LogP contribution in [0.5, 0.6) is 0 Å². The Kier molecular flexibility index (Phi) is 4.17. The number of halogens is 2. The average molecular weight is 453 g/mol. The maximum Gasteiger partial charge on any atom is 0.256 e. The van der Waals surface area contributed by atoms with Crippen molar-refractivity contribution in [2.75, 3.05) is 6.54 Å². The number of fused-ring (bicyclic) bond motifs is 4. The van der Waals surface area contributed by atoms with Gasteiger partial charge in [-0.15, -0.1) is 0 Å². The van der Waals surface area contributed by atoms with Crippen molar-refractivity contribution in [1.29, 1.82) is 0 Å². The normalized spacial score (nSPS) is 13.9. The number of nitrogens with one attached hydrogen (secondary N) is 1. The van der Waals surface area contributed by atoms with E-state index in [-0.39, 0.29) is 11.5 Å². The summed E-state index contributed by atoms with van der Waals surface area (Å²) in [5, 5.41) is 1.10. The summed E-state index contributed by atoms with van der Waals surface area (Å²) in [5.41, 5.74) is 5.89. The van der Waals surface area contributed by atoms with Gasteiger partial charge in [0, 0.05) is 46.7 Å². The number of rotatable bonds is 1. The second kappa shape index (κ2) is 6.62. The van der Waals surface area contributed by atoms with Gasteiger partial charge in [-0.2, -0.15) is 0 Å². The van der Waals surface area contributed by atoms with Crippen molar-refractivity contribution < 1.29 is 9.18 Å². The second-order valence-corrected chi connectivity index (χ2v) is 8.29. The van der Waals surface area contributed by atoms with Crippen LogP contribution in [0.4, 0.5) is 4.39 Å². The Morgan fingerprint density at radius 1 is 1.21 bits per heavy atom. The Labute approximate surface area is 175 Å². The molecule has 0 spiro atoms. The van der Waals surface area contributed by atoms with Crippen LogP contribution >= 0.6 is 15.9 Å². The van der Waals surface area contributed by atoms with E-state index in [1.165, 1.54) is 12.1 Å². The highest BCUT2D eigenvalue weighted by molar-refractivity contribution is 9.10. The third-order valence-electron chi connectivity index (χ3n) is 5.62. The fraction of sp³-hybridized carbons (Fsp3) is 0.227. The van der Waals surface area contributed by atoms with E-state index < -0.39 is 5.82 Å². The Balaban J connectivity index is 1.58. The van der Waals surface area contributed by atoms with E-state index in [0.717, 1.165) is 44.4 Å². The third-order valence-corrected chi connectivity index (χ3v) is 6.28. The van der Waals surface area contributed by atoms with Crippen molar-refractivity contribution in [2.24, 2.45) is 0 Å². The van der Waals surface area contributed by atoms with Gasteiger partial charge in [-0.1, -0.05) is 12.1 Å². The van der Waals surface area contributed by atoms with E-state index in [0.29, 0.717) is 24.1 Å². The molecule has 0 radical (unpaired) electrons. The summed E-state index contributed by atoms with van der Waals surface area (Å²) in [7, 11) is 0. The molecule has 5 nitrogen and oxygen atoms in total. The number of aromatic nitrogens is 3. The minimum Gasteiger partial charge on any atom is -0.357 e. The smallest absolute Gasteiger partial charge is 0.256 e. The van der Waals surface area contributed by atoms with Gasteiger partial charge in [-0.05, 0) is 41.9 Å². The minimum absolute atomic E-state index is 0.220. The summed E-state index contributed by atoms with van der Waals surface area (Å²) >= 11 is 3.58. The van der Waals surface area contributed by atoms with Crippen molar-refractivity contribution >= 4 is 43.8 Å². The predicted molar refractivity (Wildman–Crippen MR) is 113 cm³/mol. The van der Waals surface area contributed by atoms with E-state index in [9.17, 15) is 9.18 Å². The van der Waals surface area contributed by atoms with Crippen LogP contribution < -0.4 is 0 Å². The molecule has 1 aliphatic heterocycles. The lowest BCUT2D eigenvalue weighted by molar-refractivity contribution is 0.0736. The number of aryl methyl sites for hydroxylation is 2. The number of carbonyl (C=O) groups is 1. The molecule has 5 rings (SSSR count). The van der Waals surface area contributed by atoms with Crippen LogP contribution in [0.15, 0.2) is 34.8 Å². The summed E-state index contributed by atoms with van der Waals surface area (Å²) in [6.45, 7) is 4.71. The molecule has 2 aromatic heterocycles. The summed E-state index contributed by atoms with van der Waals surface area (Å²) in [6.07, 6.45) is 0.721. The van der Waals surface area contributed by atoms with Crippen LogP contribution in [0.2, 0.25) is 0 Å². The average Bonchev–Trinajstić information content (AvgIpc) is 3.07. The second-order valence-electron chi connectivity index (χ2n) is 7.44. The Morgan fingerprint density at radius 3 is 2.83 bits per heavy atom. The molecule has 1 N–H and O–H groups in total. The van der Waals surface area contributed by atoms with Crippen molar-refractivity contribution in [3.63, 3.8) is 0 Å². The third kappa shape index (κ3) is 2.92. The lowest BCUT2D eigenvalue weighted by Crippen LogP contribution is -2.36. The topological polar surface area (TPSA) is 61.9 Å². The van der Waals surface area contributed by atoms with Crippen molar-refractivity contribution in [1.82, 2.24) is 19.9 Å². The number of hydrogen-bond acceptors (Lipinski definition) is 3. The zero-order valence-electron chi connectivity index (χ0n) is 16.0. The lowest BCUT2D eigenvalue weighted by atomic mass is 10.0. The van der Waals surface area contributed by atoms with Crippen LogP contribution in [-0.4, -0.2) is 32.3 Å². The number of nitrogens with zero attached hydrogens (tertiary/aromatic N) is 3. The maximum absolute atomic E-state index is 14.3. The number of amides is 1. The molecule has 146 valence electrons. The first-order chi connectivity index (χ1) is 13.9. The molecular formula is C22H18BrFN4O. The van der Waals surface area contributed by atoms with E-state index in [2.05, 4.69) is 36.9 Å². The van der Waals surface area contributed by atoms with Crippen LogP contribution in [0.25, 0.3) is 21.9 Å². The SMILES string of the molecule is Cc1nc2cc(F)cc(C(=O)N3CCc4[nH]c5c(Br)cccc5c4C3)c2nc1C. The van der Waals surface area contributed by atoms with E-state index >= 15 is 0 Å². The first-order valence-corrected chi connectivity index (χ1v) is 10.2. The Hall–Kier alpha value is -2.80. The largest absolute Gasteiger partial charge is 0.357 e. The molecule has 1 amide bonds. The molecular weight excluding hydrogens is 435 g/mol. The minimum atomic E-state index is -0.480. The molecule has 7 heteroatoms. The fourth-order valence-corrected chi connectivity index (χ4v) is 4.47. The summed E-state index contributed by atoms with van der Waals surface area (Å²) < 4.78 is 15.2. The molecule has 0 unspecified atom stereocenters. The highest BCUT2D eigenvalue weighted by atomic mass is 79.9. The Bertz CT molecular complexity index is 1310. The number of para-hydroxylation sites is 1. The molecule has 0 bridgehead atoms.